The third kappa shape index (κ3) is 3.76. The van der Waals surface area contributed by atoms with Crippen LogP contribution >= 0.6 is 0 Å². The minimum Gasteiger partial charge on any atom is -0.357 e. The van der Waals surface area contributed by atoms with Gasteiger partial charge >= 0.3 is 0 Å². The summed E-state index contributed by atoms with van der Waals surface area (Å²) in [6.07, 6.45) is 1.01. The smallest absolute Gasteiger partial charge is 0.241 e. The molecule has 0 saturated heterocycles. The number of carbonyl (C=O) groups excluding carboxylic acids is 2. The van der Waals surface area contributed by atoms with Crippen LogP contribution in [0, 0.1) is 11.6 Å². The van der Waals surface area contributed by atoms with Crippen molar-refractivity contribution in [3.8, 4) is 0 Å². The van der Waals surface area contributed by atoms with Gasteiger partial charge in [-0.3, -0.25) is 9.59 Å². The Balaban J connectivity index is 3.14. The van der Waals surface area contributed by atoms with Gasteiger partial charge in [-0.05, 0) is 18.6 Å². The largest absolute Gasteiger partial charge is 0.357 e. The molecule has 0 heterocycles. The first-order valence-electron chi connectivity index (χ1n) is 6.30. The quantitative estimate of drug-likeness (QED) is 0.751. The van der Waals surface area contributed by atoms with Crippen LogP contribution in [0.15, 0.2) is 12.1 Å². The van der Waals surface area contributed by atoms with Crippen LogP contribution < -0.4 is 4.90 Å². The third-order valence-corrected chi connectivity index (χ3v) is 2.81. The summed E-state index contributed by atoms with van der Waals surface area (Å²) >= 11 is 0. The van der Waals surface area contributed by atoms with Crippen molar-refractivity contribution in [1.29, 1.82) is 0 Å². The molecule has 6 heteroatoms. The molecule has 0 aliphatic rings. The van der Waals surface area contributed by atoms with Gasteiger partial charge in [0, 0.05) is 26.2 Å². The van der Waals surface area contributed by atoms with Crippen LogP contribution in [-0.4, -0.2) is 44.3 Å². The first kappa shape index (κ1) is 16.1. The van der Waals surface area contributed by atoms with Gasteiger partial charge in [-0.2, -0.15) is 0 Å². The third-order valence-electron chi connectivity index (χ3n) is 2.81. The lowest BCUT2D eigenvalue weighted by atomic mass is 10.1. The van der Waals surface area contributed by atoms with Crippen LogP contribution in [0.3, 0.4) is 0 Å². The molecule has 0 unspecified atom stereocenters. The summed E-state index contributed by atoms with van der Waals surface area (Å²) in [7, 11) is 3.16. The van der Waals surface area contributed by atoms with Gasteiger partial charge in [0.15, 0.2) is 0 Å². The zero-order valence-electron chi connectivity index (χ0n) is 11.8. The normalized spacial score (nSPS) is 10.2. The molecular formula is C14H18F2N2O2. The fraction of sp³-hybridized carbons (Fsp3) is 0.429. The first-order valence-corrected chi connectivity index (χ1v) is 6.30. The Kier molecular flexibility index (Phi) is 5.61. The van der Waals surface area contributed by atoms with Crippen LogP contribution in [0.4, 0.5) is 14.5 Å². The Morgan fingerprint density at radius 2 is 1.80 bits per heavy atom. The maximum atomic E-state index is 14.0. The average Bonchev–Trinajstić information content (AvgIpc) is 2.37. The molecule has 0 aromatic heterocycles. The SMILES string of the molecule is CCCN(CC(=O)N(C)C)c1c(F)cc(C=O)cc1F. The molecule has 1 aromatic carbocycles. The van der Waals surface area contributed by atoms with Gasteiger partial charge in [0.05, 0.1) is 6.54 Å². The highest BCUT2D eigenvalue weighted by Gasteiger charge is 2.20. The van der Waals surface area contributed by atoms with E-state index >= 15 is 0 Å². The van der Waals surface area contributed by atoms with E-state index in [4.69, 9.17) is 0 Å². The Morgan fingerprint density at radius 1 is 1.25 bits per heavy atom. The number of nitrogens with zero attached hydrogens (tertiary/aromatic N) is 2. The number of anilines is 1. The number of hydrogen-bond donors (Lipinski definition) is 0. The molecule has 0 radical (unpaired) electrons. The summed E-state index contributed by atoms with van der Waals surface area (Å²) in [5.74, 6) is -1.93. The number of amides is 1. The van der Waals surface area contributed by atoms with Crippen LogP contribution in [0.25, 0.3) is 0 Å². The molecule has 0 atom stereocenters. The number of carbonyl (C=O) groups is 2. The average molecular weight is 284 g/mol. The van der Waals surface area contributed by atoms with Gasteiger partial charge in [-0.15, -0.1) is 0 Å². The first-order chi connectivity index (χ1) is 9.40. The predicted octanol–water partition coefficient (Wildman–Crippen LogP) is 2.08. The van der Waals surface area contributed by atoms with Crippen molar-refractivity contribution in [3.05, 3.63) is 29.3 Å². The van der Waals surface area contributed by atoms with Gasteiger partial charge in [0.25, 0.3) is 0 Å². The van der Waals surface area contributed by atoms with Crippen LogP contribution in [0.5, 0.6) is 0 Å². The number of hydrogen-bond acceptors (Lipinski definition) is 3. The standard InChI is InChI=1S/C14H18F2N2O2/c1-4-5-18(8-13(20)17(2)3)14-11(15)6-10(9-19)7-12(14)16/h6-7,9H,4-5,8H2,1-3H3. The molecule has 1 amide bonds. The second kappa shape index (κ2) is 6.98. The van der Waals surface area contributed by atoms with E-state index in [9.17, 15) is 18.4 Å². The topological polar surface area (TPSA) is 40.6 Å². The lowest BCUT2D eigenvalue weighted by molar-refractivity contribution is -0.127. The molecular weight excluding hydrogens is 266 g/mol. The summed E-state index contributed by atoms with van der Waals surface area (Å²) in [6.45, 7) is 2.08. The minimum atomic E-state index is -0.841. The van der Waals surface area contributed by atoms with Crippen molar-refractivity contribution in [2.75, 3.05) is 32.1 Å². The Morgan fingerprint density at radius 3 is 2.20 bits per heavy atom. The predicted molar refractivity (Wildman–Crippen MR) is 72.9 cm³/mol. The monoisotopic (exact) mass is 284 g/mol. The molecule has 0 bridgehead atoms. The highest BCUT2D eigenvalue weighted by atomic mass is 19.1. The summed E-state index contributed by atoms with van der Waals surface area (Å²) in [5, 5.41) is 0. The maximum absolute atomic E-state index is 14.0. The van der Waals surface area contributed by atoms with E-state index in [0.29, 0.717) is 19.3 Å². The van der Waals surface area contributed by atoms with E-state index in [0.717, 1.165) is 12.1 Å². The van der Waals surface area contributed by atoms with E-state index in [2.05, 4.69) is 0 Å². The lowest BCUT2D eigenvalue weighted by Crippen LogP contribution is -2.38. The number of benzene rings is 1. The van der Waals surface area contributed by atoms with Gasteiger partial charge in [0.2, 0.25) is 5.91 Å². The van der Waals surface area contributed by atoms with Gasteiger partial charge in [0.1, 0.15) is 23.6 Å². The van der Waals surface area contributed by atoms with E-state index in [-0.39, 0.29) is 23.7 Å². The molecule has 110 valence electrons. The lowest BCUT2D eigenvalue weighted by Gasteiger charge is -2.26. The summed E-state index contributed by atoms with van der Waals surface area (Å²) in [4.78, 5) is 25.0. The molecule has 4 nitrogen and oxygen atoms in total. The number of likely N-dealkylation sites (N-methyl/N-ethyl adjacent to an activating group) is 1. The van der Waals surface area contributed by atoms with Gasteiger partial charge in [-0.1, -0.05) is 6.92 Å². The summed E-state index contributed by atoms with van der Waals surface area (Å²) in [6, 6.07) is 1.93. The number of aldehydes is 1. The molecule has 0 aliphatic heterocycles. The molecule has 1 rings (SSSR count). The van der Waals surface area contributed by atoms with Gasteiger partial charge < -0.3 is 9.80 Å². The molecule has 0 fully saturated rings. The molecule has 0 N–H and O–H groups in total. The molecule has 1 aromatic rings. The van der Waals surface area contributed by atoms with Crippen molar-refractivity contribution in [3.63, 3.8) is 0 Å². The van der Waals surface area contributed by atoms with E-state index in [1.165, 1.54) is 9.80 Å². The summed E-state index contributed by atoms with van der Waals surface area (Å²) < 4.78 is 27.9. The second-order valence-electron chi connectivity index (χ2n) is 4.66. The molecule has 20 heavy (non-hydrogen) atoms. The van der Waals surface area contributed by atoms with Crippen LogP contribution in [0.2, 0.25) is 0 Å². The highest BCUT2D eigenvalue weighted by Crippen LogP contribution is 2.25. The Hall–Kier alpha value is -1.98. The van der Waals surface area contributed by atoms with Gasteiger partial charge in [-0.25, -0.2) is 8.78 Å². The fourth-order valence-corrected chi connectivity index (χ4v) is 1.80. The van der Waals surface area contributed by atoms with E-state index in [1.54, 1.807) is 14.1 Å². The Labute approximate surface area is 117 Å². The molecule has 0 spiro atoms. The highest BCUT2D eigenvalue weighted by molar-refractivity contribution is 5.82. The Bertz CT molecular complexity index is 481. The number of halogens is 2. The summed E-state index contributed by atoms with van der Waals surface area (Å²) in [5.41, 5.74) is -0.341. The zero-order valence-corrected chi connectivity index (χ0v) is 11.8. The van der Waals surface area contributed by atoms with Crippen molar-refractivity contribution >= 4 is 17.9 Å². The molecule has 0 saturated carbocycles. The van der Waals surface area contributed by atoms with E-state index in [1.807, 2.05) is 6.92 Å². The van der Waals surface area contributed by atoms with Crippen LogP contribution in [-0.2, 0) is 4.79 Å². The fourth-order valence-electron chi connectivity index (χ4n) is 1.80. The maximum Gasteiger partial charge on any atom is 0.241 e. The van der Waals surface area contributed by atoms with E-state index < -0.39 is 11.6 Å². The van der Waals surface area contributed by atoms with Crippen molar-refractivity contribution in [1.82, 2.24) is 4.90 Å². The van der Waals surface area contributed by atoms with Crippen LogP contribution in [0.1, 0.15) is 23.7 Å². The van der Waals surface area contributed by atoms with Crippen molar-refractivity contribution in [2.24, 2.45) is 0 Å². The number of rotatable bonds is 6. The van der Waals surface area contributed by atoms with Crippen molar-refractivity contribution in [2.45, 2.75) is 13.3 Å². The minimum absolute atomic E-state index is 0.0702. The zero-order chi connectivity index (χ0) is 15.3. The van der Waals surface area contributed by atoms with Crippen molar-refractivity contribution < 1.29 is 18.4 Å². The second-order valence-corrected chi connectivity index (χ2v) is 4.66. The molecule has 0 aliphatic carbocycles.